The Morgan fingerprint density at radius 2 is 1.73 bits per heavy atom. The van der Waals surface area contributed by atoms with Gasteiger partial charge in [0.05, 0.1) is 4.47 Å². The molecule has 0 saturated carbocycles. The summed E-state index contributed by atoms with van der Waals surface area (Å²) < 4.78 is 56.6. The third-order valence-electron chi connectivity index (χ3n) is 2.91. The number of ether oxygens (including phenoxy) is 1. The Balaban J connectivity index is 2.27. The van der Waals surface area contributed by atoms with Gasteiger partial charge in [-0.05, 0) is 33.6 Å². The minimum absolute atomic E-state index is 0.0172. The lowest BCUT2D eigenvalue weighted by atomic mass is 10.1. The highest BCUT2D eigenvalue weighted by Crippen LogP contribution is 2.41. The van der Waals surface area contributed by atoms with Crippen LogP contribution in [0.3, 0.4) is 0 Å². The van der Waals surface area contributed by atoms with Crippen LogP contribution in [0.25, 0.3) is 0 Å². The molecule has 0 radical (unpaired) electrons. The molecule has 0 aliphatic carbocycles. The van der Waals surface area contributed by atoms with E-state index in [1.165, 1.54) is 6.07 Å². The SMILES string of the molecule is OC(c1c(F)ccc(OCc2ccccc2)c1Br)C(F)(F)F. The highest BCUT2D eigenvalue weighted by atomic mass is 79.9. The molecule has 0 heterocycles. The van der Waals surface area contributed by atoms with Gasteiger partial charge in [-0.2, -0.15) is 13.2 Å². The largest absolute Gasteiger partial charge is 0.488 e. The van der Waals surface area contributed by atoms with Crippen LogP contribution >= 0.6 is 15.9 Å². The molecule has 2 nitrogen and oxygen atoms in total. The molecule has 1 atom stereocenters. The minimum Gasteiger partial charge on any atom is -0.488 e. The van der Waals surface area contributed by atoms with Crippen molar-refractivity contribution >= 4 is 15.9 Å². The number of aliphatic hydroxyl groups excluding tert-OH is 1. The zero-order valence-corrected chi connectivity index (χ0v) is 12.7. The van der Waals surface area contributed by atoms with Crippen molar-refractivity contribution in [2.45, 2.75) is 18.9 Å². The fraction of sp³-hybridized carbons (Fsp3) is 0.200. The number of halogens is 5. The van der Waals surface area contributed by atoms with E-state index >= 15 is 0 Å². The van der Waals surface area contributed by atoms with Crippen molar-refractivity contribution in [3.8, 4) is 5.75 Å². The molecule has 22 heavy (non-hydrogen) atoms. The van der Waals surface area contributed by atoms with E-state index in [4.69, 9.17) is 4.74 Å². The number of hydrogen-bond donors (Lipinski definition) is 1. The molecule has 7 heteroatoms. The second-order valence-electron chi connectivity index (χ2n) is 4.49. The van der Waals surface area contributed by atoms with Gasteiger partial charge in [-0.15, -0.1) is 0 Å². The van der Waals surface area contributed by atoms with Crippen molar-refractivity contribution < 1.29 is 27.4 Å². The molecular weight excluding hydrogens is 368 g/mol. The molecule has 0 fully saturated rings. The molecular formula is C15H11BrF4O2. The molecule has 2 aromatic carbocycles. The Bertz CT molecular complexity index is 644. The Kier molecular flexibility index (Phi) is 5.08. The quantitative estimate of drug-likeness (QED) is 0.777. The van der Waals surface area contributed by atoms with Crippen molar-refractivity contribution in [1.82, 2.24) is 0 Å². The predicted octanol–water partition coefficient (Wildman–Crippen LogP) is 4.76. The molecule has 0 aliphatic heterocycles. The van der Waals surface area contributed by atoms with E-state index in [0.717, 1.165) is 11.6 Å². The molecule has 1 N–H and O–H groups in total. The first-order valence-electron chi connectivity index (χ1n) is 6.20. The van der Waals surface area contributed by atoms with Gasteiger partial charge >= 0.3 is 6.18 Å². The Hall–Kier alpha value is -1.60. The monoisotopic (exact) mass is 378 g/mol. The topological polar surface area (TPSA) is 29.5 Å². The fourth-order valence-electron chi connectivity index (χ4n) is 1.81. The van der Waals surface area contributed by atoms with Crippen LogP contribution in [0.2, 0.25) is 0 Å². The summed E-state index contributed by atoms with van der Waals surface area (Å²) in [4.78, 5) is 0. The molecule has 0 bridgehead atoms. The first kappa shape index (κ1) is 16.8. The zero-order chi connectivity index (χ0) is 16.3. The average molecular weight is 379 g/mol. The summed E-state index contributed by atoms with van der Waals surface area (Å²) in [6.07, 6.45) is -7.90. The van der Waals surface area contributed by atoms with Crippen LogP contribution in [0.5, 0.6) is 5.75 Å². The average Bonchev–Trinajstić information content (AvgIpc) is 2.46. The predicted molar refractivity (Wildman–Crippen MR) is 75.9 cm³/mol. The van der Waals surface area contributed by atoms with Crippen molar-refractivity contribution in [3.05, 3.63) is 63.9 Å². The first-order chi connectivity index (χ1) is 10.3. The van der Waals surface area contributed by atoms with E-state index in [9.17, 15) is 22.7 Å². The molecule has 0 spiro atoms. The van der Waals surface area contributed by atoms with Crippen molar-refractivity contribution in [1.29, 1.82) is 0 Å². The van der Waals surface area contributed by atoms with Crippen LogP contribution in [-0.2, 0) is 6.61 Å². The van der Waals surface area contributed by atoms with Gasteiger partial charge in [0.1, 0.15) is 18.2 Å². The van der Waals surface area contributed by atoms with E-state index in [1.54, 1.807) is 24.3 Å². The van der Waals surface area contributed by atoms with Gasteiger partial charge in [-0.25, -0.2) is 4.39 Å². The summed E-state index contributed by atoms with van der Waals surface area (Å²) >= 11 is 2.87. The lowest BCUT2D eigenvalue weighted by Gasteiger charge is -2.19. The molecule has 0 aliphatic rings. The molecule has 0 saturated heterocycles. The van der Waals surface area contributed by atoms with E-state index in [1.807, 2.05) is 6.07 Å². The lowest BCUT2D eigenvalue weighted by molar-refractivity contribution is -0.207. The summed E-state index contributed by atoms with van der Waals surface area (Å²) in [6.45, 7) is 0.104. The van der Waals surface area contributed by atoms with Crippen molar-refractivity contribution in [2.24, 2.45) is 0 Å². The maximum Gasteiger partial charge on any atom is 0.418 e. The Morgan fingerprint density at radius 3 is 2.32 bits per heavy atom. The molecule has 2 rings (SSSR count). The number of benzene rings is 2. The first-order valence-corrected chi connectivity index (χ1v) is 6.99. The van der Waals surface area contributed by atoms with Crippen molar-refractivity contribution in [3.63, 3.8) is 0 Å². The van der Waals surface area contributed by atoms with E-state index in [2.05, 4.69) is 15.9 Å². The van der Waals surface area contributed by atoms with Crippen LogP contribution < -0.4 is 4.74 Å². The van der Waals surface area contributed by atoms with Crippen LogP contribution in [0.4, 0.5) is 17.6 Å². The molecule has 0 amide bonds. The fourth-order valence-corrected chi connectivity index (χ4v) is 2.46. The zero-order valence-electron chi connectivity index (χ0n) is 11.1. The van der Waals surface area contributed by atoms with E-state index < -0.39 is 23.7 Å². The van der Waals surface area contributed by atoms with Crippen LogP contribution in [0.15, 0.2) is 46.9 Å². The molecule has 118 valence electrons. The van der Waals surface area contributed by atoms with Gasteiger partial charge < -0.3 is 9.84 Å². The number of aliphatic hydroxyl groups is 1. The maximum absolute atomic E-state index is 13.6. The number of hydrogen-bond acceptors (Lipinski definition) is 2. The lowest BCUT2D eigenvalue weighted by Crippen LogP contribution is -2.22. The number of rotatable bonds is 4. The van der Waals surface area contributed by atoms with E-state index in [0.29, 0.717) is 0 Å². The molecule has 0 aromatic heterocycles. The van der Waals surface area contributed by atoms with Crippen LogP contribution in [0.1, 0.15) is 17.2 Å². The van der Waals surface area contributed by atoms with Crippen LogP contribution in [0, 0.1) is 5.82 Å². The second kappa shape index (κ2) is 6.66. The summed E-state index contributed by atoms with van der Waals surface area (Å²) in [5, 5.41) is 9.28. The maximum atomic E-state index is 13.6. The second-order valence-corrected chi connectivity index (χ2v) is 5.28. The normalized spacial score (nSPS) is 13.0. The van der Waals surface area contributed by atoms with Gasteiger partial charge in [0, 0.05) is 5.56 Å². The standard InChI is InChI=1S/C15H11BrF4O2/c16-13-11(22-8-9-4-2-1-3-5-9)7-6-10(17)12(13)14(21)15(18,19)20/h1-7,14,21H,8H2. The summed E-state index contributed by atoms with van der Waals surface area (Å²) in [6, 6.07) is 11.0. The van der Waals surface area contributed by atoms with Gasteiger partial charge in [0.25, 0.3) is 0 Å². The van der Waals surface area contributed by atoms with Crippen molar-refractivity contribution in [2.75, 3.05) is 0 Å². The molecule has 1 unspecified atom stereocenters. The smallest absolute Gasteiger partial charge is 0.418 e. The third kappa shape index (κ3) is 3.78. The van der Waals surface area contributed by atoms with Gasteiger partial charge in [-0.1, -0.05) is 30.3 Å². The summed E-state index contributed by atoms with van der Waals surface area (Å²) in [5.41, 5.74) is -0.0882. The Morgan fingerprint density at radius 1 is 1.09 bits per heavy atom. The summed E-state index contributed by atoms with van der Waals surface area (Å²) in [5.74, 6) is -1.15. The van der Waals surface area contributed by atoms with Gasteiger partial charge in [0.2, 0.25) is 0 Å². The Labute approximate surface area is 132 Å². The van der Waals surface area contributed by atoms with E-state index in [-0.39, 0.29) is 16.8 Å². The third-order valence-corrected chi connectivity index (χ3v) is 3.73. The van der Waals surface area contributed by atoms with Gasteiger partial charge in [-0.3, -0.25) is 0 Å². The molecule has 2 aromatic rings. The summed E-state index contributed by atoms with van der Waals surface area (Å²) in [7, 11) is 0. The highest BCUT2D eigenvalue weighted by molar-refractivity contribution is 9.10. The van der Waals surface area contributed by atoms with Gasteiger partial charge in [0.15, 0.2) is 6.10 Å². The van der Waals surface area contributed by atoms with Crippen LogP contribution in [-0.4, -0.2) is 11.3 Å². The number of alkyl halides is 3. The highest BCUT2D eigenvalue weighted by Gasteiger charge is 2.42. The minimum atomic E-state index is -4.97.